The summed E-state index contributed by atoms with van der Waals surface area (Å²) >= 11 is 0. The highest BCUT2D eigenvalue weighted by Gasteiger charge is 2.14. The largest absolute Gasteiger partial charge is 0.496 e. The second-order valence-corrected chi connectivity index (χ2v) is 6.12. The fourth-order valence-corrected chi connectivity index (χ4v) is 3.17. The Morgan fingerprint density at radius 1 is 1.16 bits per heavy atom. The quantitative estimate of drug-likeness (QED) is 0.589. The fraction of sp³-hybridized carbons (Fsp3) is 0.286. The molecule has 0 bridgehead atoms. The van der Waals surface area contributed by atoms with Gasteiger partial charge in [-0.05, 0) is 43.5 Å². The smallest absolute Gasteiger partial charge is 0.131 e. The number of rotatable bonds is 4. The van der Waals surface area contributed by atoms with E-state index in [9.17, 15) is 9.65 Å². The van der Waals surface area contributed by atoms with Crippen LogP contribution in [-0.2, 0) is 0 Å². The SMILES string of the molecule is COc1cc(N2CCCCC2)ccc1/C=C(/C#N)c1ccccc1F. The Balaban J connectivity index is 1.96. The third kappa shape index (κ3) is 3.83. The molecule has 2 aromatic carbocycles. The molecule has 0 unspecified atom stereocenters. The van der Waals surface area contributed by atoms with E-state index in [-0.39, 0.29) is 5.57 Å². The van der Waals surface area contributed by atoms with E-state index in [2.05, 4.69) is 11.0 Å². The molecule has 3 nitrogen and oxygen atoms in total. The van der Waals surface area contributed by atoms with Crippen molar-refractivity contribution < 1.29 is 9.13 Å². The van der Waals surface area contributed by atoms with Crippen LogP contribution in [0.5, 0.6) is 5.75 Å². The summed E-state index contributed by atoms with van der Waals surface area (Å²) in [4.78, 5) is 2.35. The number of hydrogen-bond acceptors (Lipinski definition) is 3. The van der Waals surface area contributed by atoms with Gasteiger partial charge in [0, 0.05) is 36.0 Å². The molecule has 1 aliphatic heterocycles. The highest BCUT2D eigenvalue weighted by Crippen LogP contribution is 2.31. The lowest BCUT2D eigenvalue weighted by atomic mass is 10.0. The van der Waals surface area contributed by atoms with E-state index in [1.165, 1.54) is 25.3 Å². The molecule has 1 saturated heterocycles. The van der Waals surface area contributed by atoms with Crippen LogP contribution >= 0.6 is 0 Å². The second-order valence-electron chi connectivity index (χ2n) is 6.12. The number of piperidine rings is 1. The number of allylic oxidation sites excluding steroid dienone is 1. The Kier molecular flexibility index (Phi) is 5.35. The van der Waals surface area contributed by atoms with Gasteiger partial charge in [0.25, 0.3) is 0 Å². The molecule has 2 aromatic rings. The van der Waals surface area contributed by atoms with Crippen molar-refractivity contribution in [2.24, 2.45) is 0 Å². The van der Waals surface area contributed by atoms with Gasteiger partial charge in [0.2, 0.25) is 0 Å². The minimum Gasteiger partial charge on any atom is -0.496 e. The fourth-order valence-electron chi connectivity index (χ4n) is 3.17. The van der Waals surface area contributed by atoms with Crippen molar-refractivity contribution in [3.05, 3.63) is 59.4 Å². The first-order valence-electron chi connectivity index (χ1n) is 8.52. The number of nitrogens with zero attached hydrogens (tertiary/aromatic N) is 2. The molecule has 0 aliphatic carbocycles. The first kappa shape index (κ1) is 17.0. The van der Waals surface area contributed by atoms with Crippen molar-refractivity contribution in [1.29, 1.82) is 5.26 Å². The van der Waals surface area contributed by atoms with Crippen molar-refractivity contribution in [2.45, 2.75) is 19.3 Å². The molecule has 0 atom stereocenters. The number of halogens is 1. The third-order valence-electron chi connectivity index (χ3n) is 4.52. The second kappa shape index (κ2) is 7.85. The van der Waals surface area contributed by atoms with E-state index in [0.717, 1.165) is 24.3 Å². The van der Waals surface area contributed by atoms with E-state index < -0.39 is 5.82 Å². The average molecular weight is 336 g/mol. The summed E-state index contributed by atoms with van der Waals surface area (Å²) in [7, 11) is 1.61. The molecule has 1 fully saturated rings. The number of nitriles is 1. The minimum atomic E-state index is -0.404. The summed E-state index contributed by atoms with van der Waals surface area (Å²) in [6, 6.07) is 14.4. The highest BCUT2D eigenvalue weighted by molar-refractivity contribution is 5.91. The van der Waals surface area contributed by atoms with Crippen LogP contribution < -0.4 is 9.64 Å². The molecule has 3 rings (SSSR count). The number of hydrogen-bond donors (Lipinski definition) is 0. The first-order valence-corrected chi connectivity index (χ1v) is 8.52. The molecule has 0 N–H and O–H groups in total. The van der Waals surface area contributed by atoms with Gasteiger partial charge in [0.15, 0.2) is 0 Å². The van der Waals surface area contributed by atoms with Gasteiger partial charge >= 0.3 is 0 Å². The van der Waals surface area contributed by atoms with E-state index >= 15 is 0 Å². The molecule has 1 heterocycles. The first-order chi connectivity index (χ1) is 12.2. The van der Waals surface area contributed by atoms with Crippen LogP contribution in [0.3, 0.4) is 0 Å². The lowest BCUT2D eigenvalue weighted by Gasteiger charge is -2.29. The summed E-state index contributed by atoms with van der Waals surface area (Å²) in [5.74, 6) is 0.284. The van der Waals surface area contributed by atoms with E-state index in [4.69, 9.17) is 4.74 Å². The van der Waals surface area contributed by atoms with Gasteiger partial charge in [0.1, 0.15) is 11.6 Å². The normalized spacial score (nSPS) is 14.9. The topological polar surface area (TPSA) is 36.3 Å². The molecule has 0 saturated carbocycles. The summed E-state index contributed by atoms with van der Waals surface area (Å²) < 4.78 is 19.5. The molecule has 128 valence electrons. The molecule has 0 aromatic heterocycles. The van der Waals surface area contributed by atoms with Gasteiger partial charge < -0.3 is 9.64 Å². The van der Waals surface area contributed by atoms with Crippen LogP contribution in [0.25, 0.3) is 11.6 Å². The number of methoxy groups -OCH3 is 1. The number of ether oxygens (including phenoxy) is 1. The van der Waals surface area contributed by atoms with Gasteiger partial charge in [0.05, 0.1) is 18.8 Å². The number of benzene rings is 2. The highest BCUT2D eigenvalue weighted by atomic mass is 19.1. The Morgan fingerprint density at radius 2 is 1.92 bits per heavy atom. The molecule has 25 heavy (non-hydrogen) atoms. The monoisotopic (exact) mass is 336 g/mol. The molecule has 1 aliphatic rings. The van der Waals surface area contributed by atoms with Gasteiger partial charge in [-0.15, -0.1) is 0 Å². The van der Waals surface area contributed by atoms with Crippen molar-refractivity contribution in [3.8, 4) is 11.8 Å². The van der Waals surface area contributed by atoms with Crippen LogP contribution in [0.4, 0.5) is 10.1 Å². The minimum absolute atomic E-state index is 0.280. The van der Waals surface area contributed by atoms with E-state index in [1.54, 1.807) is 31.4 Å². The van der Waals surface area contributed by atoms with Gasteiger partial charge in [-0.25, -0.2) is 4.39 Å². The molecular weight excluding hydrogens is 315 g/mol. The molecule has 0 amide bonds. The Hall–Kier alpha value is -2.80. The van der Waals surface area contributed by atoms with E-state index in [1.807, 2.05) is 18.2 Å². The third-order valence-corrected chi connectivity index (χ3v) is 4.52. The maximum atomic E-state index is 14.0. The van der Waals surface area contributed by atoms with Crippen LogP contribution in [0.2, 0.25) is 0 Å². The van der Waals surface area contributed by atoms with Crippen molar-refractivity contribution >= 4 is 17.3 Å². The summed E-state index contributed by atoms with van der Waals surface area (Å²) in [5.41, 5.74) is 2.47. The standard InChI is InChI=1S/C21H21FN2O/c1-25-21-14-18(24-11-5-2-6-12-24)10-9-16(21)13-17(15-23)19-7-3-4-8-20(19)22/h3-4,7-10,13-14H,2,5-6,11-12H2,1H3/b17-13-. The predicted octanol–water partition coefficient (Wildman–Crippen LogP) is 4.89. The lowest BCUT2D eigenvalue weighted by molar-refractivity contribution is 0.413. The van der Waals surface area contributed by atoms with Crippen LogP contribution in [0.1, 0.15) is 30.4 Å². The number of anilines is 1. The zero-order chi connectivity index (χ0) is 17.6. The maximum absolute atomic E-state index is 14.0. The zero-order valence-electron chi connectivity index (χ0n) is 14.3. The molecule has 4 heteroatoms. The Labute approximate surface area is 148 Å². The Bertz CT molecular complexity index is 817. The van der Waals surface area contributed by atoms with Crippen LogP contribution in [0, 0.1) is 17.1 Å². The summed E-state index contributed by atoms with van der Waals surface area (Å²) in [6.45, 7) is 2.11. The van der Waals surface area contributed by atoms with E-state index in [0.29, 0.717) is 11.3 Å². The van der Waals surface area contributed by atoms with Crippen molar-refractivity contribution in [2.75, 3.05) is 25.1 Å². The lowest BCUT2D eigenvalue weighted by Crippen LogP contribution is -2.29. The van der Waals surface area contributed by atoms with Crippen LogP contribution in [-0.4, -0.2) is 20.2 Å². The molecular formula is C21H21FN2O. The van der Waals surface area contributed by atoms with Gasteiger partial charge in [-0.3, -0.25) is 0 Å². The van der Waals surface area contributed by atoms with Crippen molar-refractivity contribution in [3.63, 3.8) is 0 Å². The van der Waals surface area contributed by atoms with Crippen molar-refractivity contribution in [1.82, 2.24) is 0 Å². The predicted molar refractivity (Wildman–Crippen MR) is 98.9 cm³/mol. The summed E-state index contributed by atoms with van der Waals surface area (Å²) in [6.07, 6.45) is 5.37. The van der Waals surface area contributed by atoms with Gasteiger partial charge in [-0.1, -0.05) is 18.2 Å². The summed E-state index contributed by atoms with van der Waals surface area (Å²) in [5, 5.41) is 9.45. The Morgan fingerprint density at radius 3 is 2.60 bits per heavy atom. The molecule has 0 spiro atoms. The zero-order valence-corrected chi connectivity index (χ0v) is 14.3. The van der Waals surface area contributed by atoms with Crippen LogP contribution in [0.15, 0.2) is 42.5 Å². The average Bonchev–Trinajstić information content (AvgIpc) is 2.67. The maximum Gasteiger partial charge on any atom is 0.131 e. The molecule has 0 radical (unpaired) electrons. The van der Waals surface area contributed by atoms with Gasteiger partial charge in [-0.2, -0.15) is 5.26 Å².